The number of ether oxygens (including phenoxy) is 1. The van der Waals surface area contributed by atoms with E-state index in [9.17, 15) is 43.2 Å². The number of hydrogen-bond acceptors (Lipinski definition) is 11. The SMILES string of the molecule is CNc1cccc(C(=O)N(C)C2CCC(=O)NC2=O)c1C=O.COc1cccc(C=O)c1C(=O)N(C)C1CCC(=O)NC1=O.O=CC1CCCCC1. The predicted molar refractivity (Wildman–Crippen MR) is 189 cm³/mol. The van der Waals surface area contributed by atoms with Gasteiger partial charge in [0.25, 0.3) is 11.8 Å². The lowest BCUT2D eigenvalue weighted by atomic mass is 9.91. The molecule has 2 aromatic rings. The smallest absolute Gasteiger partial charge is 0.258 e. The first kappa shape index (κ1) is 40.7. The van der Waals surface area contributed by atoms with Crippen LogP contribution in [0.25, 0.3) is 0 Å². The normalized spacial score (nSPS) is 18.5. The van der Waals surface area contributed by atoms with Gasteiger partial charge in [-0.15, -0.1) is 0 Å². The van der Waals surface area contributed by atoms with Crippen molar-refractivity contribution in [3.63, 3.8) is 0 Å². The average molecular weight is 720 g/mol. The second-order valence-electron chi connectivity index (χ2n) is 12.5. The maximum atomic E-state index is 12.7. The van der Waals surface area contributed by atoms with Crippen molar-refractivity contribution in [1.82, 2.24) is 20.4 Å². The van der Waals surface area contributed by atoms with Crippen molar-refractivity contribution in [3.8, 4) is 5.75 Å². The Bertz CT molecular complexity index is 1690. The highest BCUT2D eigenvalue weighted by Gasteiger charge is 2.35. The summed E-state index contributed by atoms with van der Waals surface area (Å²) in [5, 5.41) is 7.26. The van der Waals surface area contributed by atoms with Crippen LogP contribution < -0.4 is 20.7 Å². The Kier molecular flexibility index (Phi) is 15.3. The van der Waals surface area contributed by atoms with Gasteiger partial charge < -0.3 is 24.6 Å². The molecule has 2 heterocycles. The van der Waals surface area contributed by atoms with E-state index in [4.69, 9.17) is 4.74 Å². The summed E-state index contributed by atoms with van der Waals surface area (Å²) in [6.45, 7) is 0. The summed E-state index contributed by atoms with van der Waals surface area (Å²) in [5.74, 6) is -1.99. The summed E-state index contributed by atoms with van der Waals surface area (Å²) < 4.78 is 5.13. The minimum Gasteiger partial charge on any atom is -0.496 e. The highest BCUT2D eigenvalue weighted by Crippen LogP contribution is 2.25. The van der Waals surface area contributed by atoms with Crippen LogP contribution >= 0.6 is 0 Å². The van der Waals surface area contributed by atoms with E-state index in [-0.39, 0.29) is 65.5 Å². The first-order chi connectivity index (χ1) is 24.9. The van der Waals surface area contributed by atoms with Gasteiger partial charge in [-0.1, -0.05) is 37.5 Å². The van der Waals surface area contributed by atoms with Gasteiger partial charge in [0.05, 0.1) is 23.8 Å². The van der Waals surface area contributed by atoms with Gasteiger partial charge in [0, 0.05) is 51.2 Å². The van der Waals surface area contributed by atoms with Gasteiger partial charge in [0.2, 0.25) is 23.6 Å². The minimum absolute atomic E-state index is 0.104. The molecule has 0 bridgehead atoms. The van der Waals surface area contributed by atoms with Crippen LogP contribution in [0, 0.1) is 5.92 Å². The van der Waals surface area contributed by atoms with Crippen LogP contribution in [0.2, 0.25) is 0 Å². The molecule has 2 aromatic carbocycles. The summed E-state index contributed by atoms with van der Waals surface area (Å²) in [5.41, 5.74) is 1.29. The maximum Gasteiger partial charge on any atom is 0.258 e. The molecule has 1 aliphatic carbocycles. The van der Waals surface area contributed by atoms with Crippen molar-refractivity contribution in [1.29, 1.82) is 0 Å². The van der Waals surface area contributed by atoms with Gasteiger partial charge in [0.1, 0.15) is 24.1 Å². The number of rotatable bonds is 9. The Morgan fingerprint density at radius 2 is 1.33 bits per heavy atom. The van der Waals surface area contributed by atoms with E-state index in [0.29, 0.717) is 24.2 Å². The summed E-state index contributed by atoms with van der Waals surface area (Å²) in [6, 6.07) is 8.08. The number of anilines is 1. The molecule has 15 nitrogen and oxygen atoms in total. The van der Waals surface area contributed by atoms with Crippen molar-refractivity contribution in [3.05, 3.63) is 58.7 Å². The van der Waals surface area contributed by atoms with Crippen LogP contribution in [0.5, 0.6) is 5.75 Å². The summed E-state index contributed by atoms with van der Waals surface area (Å²) in [4.78, 5) is 106. The molecule has 278 valence electrons. The van der Waals surface area contributed by atoms with Crippen LogP contribution in [0.3, 0.4) is 0 Å². The molecule has 3 fully saturated rings. The third-order valence-corrected chi connectivity index (χ3v) is 9.18. The van der Waals surface area contributed by atoms with E-state index in [1.54, 1.807) is 31.3 Å². The second-order valence-corrected chi connectivity index (χ2v) is 12.5. The lowest BCUT2D eigenvalue weighted by molar-refractivity contribution is -0.138. The zero-order valence-corrected chi connectivity index (χ0v) is 29.8. The molecule has 1 saturated carbocycles. The van der Waals surface area contributed by atoms with Crippen LogP contribution in [0.4, 0.5) is 5.69 Å². The monoisotopic (exact) mass is 719 g/mol. The molecule has 52 heavy (non-hydrogen) atoms. The summed E-state index contributed by atoms with van der Waals surface area (Å²) in [6.07, 6.45) is 9.31. The predicted octanol–water partition coefficient (Wildman–Crippen LogP) is 2.57. The topological polar surface area (TPSA) is 205 Å². The molecule has 6 amide bonds. The first-order valence-corrected chi connectivity index (χ1v) is 17.0. The number of nitrogens with zero attached hydrogens (tertiary/aromatic N) is 2. The van der Waals surface area contributed by atoms with E-state index in [1.165, 1.54) is 62.4 Å². The summed E-state index contributed by atoms with van der Waals surface area (Å²) in [7, 11) is 6.00. The fourth-order valence-corrected chi connectivity index (χ4v) is 6.16. The van der Waals surface area contributed by atoms with Gasteiger partial charge in [-0.25, -0.2) is 0 Å². The first-order valence-electron chi connectivity index (χ1n) is 17.0. The molecule has 2 saturated heterocycles. The van der Waals surface area contributed by atoms with Gasteiger partial charge >= 0.3 is 0 Å². The lowest BCUT2D eigenvalue weighted by Crippen LogP contribution is -2.53. The molecule has 5 rings (SSSR count). The number of likely N-dealkylation sites (N-methyl/N-ethyl adjacent to an activating group) is 2. The Morgan fingerprint density at radius 3 is 1.79 bits per heavy atom. The second kappa shape index (κ2) is 19.6. The van der Waals surface area contributed by atoms with E-state index >= 15 is 0 Å². The van der Waals surface area contributed by atoms with Crippen LogP contribution in [-0.4, -0.2) is 104 Å². The standard InChI is InChI=1S/C15H17N3O4.C15H16N2O5.C7H12O/c1-16-11-5-3-4-9(10(11)8-19)15(22)18(2)12-6-7-13(20)17-14(12)21;1-17(10-6-7-12(19)16-14(10)20)15(21)13-9(8-18)4-3-5-11(13)22-2;8-6-7-4-2-1-3-5-7/h3-5,8,12,16H,6-7H2,1-2H3,(H,17,20,21);3-5,8,10H,6-7H2,1-2H3,(H,16,19,20);6-7H,1-5H2. The van der Waals surface area contributed by atoms with Crippen molar-refractivity contribution >= 4 is 60.0 Å². The Morgan fingerprint density at radius 1 is 0.769 bits per heavy atom. The van der Waals surface area contributed by atoms with Crippen molar-refractivity contribution in [2.75, 3.05) is 33.6 Å². The van der Waals surface area contributed by atoms with E-state index in [0.717, 1.165) is 19.1 Å². The van der Waals surface area contributed by atoms with Gasteiger partial charge in [-0.05, 0) is 43.9 Å². The van der Waals surface area contributed by atoms with Gasteiger partial charge in [-0.2, -0.15) is 0 Å². The Hall–Kier alpha value is -5.73. The summed E-state index contributed by atoms with van der Waals surface area (Å²) >= 11 is 0. The maximum absolute atomic E-state index is 12.7. The van der Waals surface area contributed by atoms with Crippen LogP contribution in [0.15, 0.2) is 36.4 Å². The van der Waals surface area contributed by atoms with E-state index < -0.39 is 35.7 Å². The van der Waals surface area contributed by atoms with Crippen molar-refractivity contribution < 1.29 is 47.9 Å². The van der Waals surface area contributed by atoms with Crippen LogP contribution in [0.1, 0.15) is 99.2 Å². The molecule has 2 atom stereocenters. The molecule has 3 aliphatic rings. The number of benzene rings is 2. The zero-order valence-electron chi connectivity index (χ0n) is 29.8. The fourth-order valence-electron chi connectivity index (χ4n) is 6.16. The van der Waals surface area contributed by atoms with Crippen molar-refractivity contribution in [2.45, 2.75) is 69.9 Å². The van der Waals surface area contributed by atoms with E-state index in [1.807, 2.05) is 0 Å². The highest BCUT2D eigenvalue weighted by atomic mass is 16.5. The van der Waals surface area contributed by atoms with Crippen molar-refractivity contribution in [2.24, 2.45) is 5.92 Å². The number of imide groups is 2. The third kappa shape index (κ3) is 10.2. The number of hydrogen-bond donors (Lipinski definition) is 3. The largest absolute Gasteiger partial charge is 0.496 e. The third-order valence-electron chi connectivity index (χ3n) is 9.18. The van der Waals surface area contributed by atoms with Gasteiger partial charge in [-0.3, -0.25) is 49.0 Å². The Balaban J connectivity index is 0.000000232. The fraction of sp³-hybridized carbons (Fsp3) is 0.432. The number of nitrogens with one attached hydrogen (secondary N) is 3. The number of aldehydes is 3. The molecular formula is C37H45N5O10. The quantitative estimate of drug-likeness (QED) is 0.254. The van der Waals surface area contributed by atoms with Crippen LogP contribution in [-0.2, 0) is 24.0 Å². The molecule has 0 radical (unpaired) electrons. The highest BCUT2D eigenvalue weighted by molar-refractivity contribution is 6.08. The molecule has 3 N–H and O–H groups in total. The zero-order chi connectivity index (χ0) is 38.4. The number of amides is 6. The number of piperidine rings is 2. The molecule has 2 unspecified atom stereocenters. The molecular weight excluding hydrogens is 674 g/mol. The number of carbonyl (C=O) groups is 9. The average Bonchev–Trinajstić information content (AvgIpc) is 3.16. The molecule has 15 heteroatoms. The lowest BCUT2D eigenvalue weighted by Gasteiger charge is -2.30. The van der Waals surface area contributed by atoms with E-state index in [2.05, 4.69) is 16.0 Å². The Labute approximate surface area is 301 Å². The number of carbonyl (C=O) groups excluding carboxylic acids is 9. The molecule has 0 spiro atoms. The number of methoxy groups -OCH3 is 1. The molecule has 2 aliphatic heterocycles. The molecule has 0 aromatic heterocycles. The minimum atomic E-state index is -0.755. The van der Waals surface area contributed by atoms with Gasteiger partial charge in [0.15, 0.2) is 12.6 Å².